The van der Waals surface area contributed by atoms with Gasteiger partial charge in [-0.1, -0.05) is 5.16 Å². The maximum Gasteiger partial charge on any atom is 0.259 e. The number of rotatable bonds is 4. The molecule has 4 aromatic rings. The number of aromatic nitrogens is 3. The number of pyridine rings is 1. The van der Waals surface area contributed by atoms with E-state index in [2.05, 4.69) is 15.1 Å². The molecule has 0 aliphatic heterocycles. The van der Waals surface area contributed by atoms with Crippen molar-refractivity contribution >= 4 is 34.0 Å². The molecule has 28 heavy (non-hydrogen) atoms. The van der Waals surface area contributed by atoms with E-state index in [4.69, 9.17) is 4.52 Å². The molecule has 6 nitrogen and oxygen atoms in total. The summed E-state index contributed by atoms with van der Waals surface area (Å²) in [4.78, 5) is 23.9. The van der Waals surface area contributed by atoms with Gasteiger partial charge in [0.05, 0.1) is 33.9 Å². The van der Waals surface area contributed by atoms with Crippen LogP contribution in [0.15, 0.2) is 40.2 Å². The van der Waals surface area contributed by atoms with E-state index in [1.54, 1.807) is 36.9 Å². The Morgan fingerprint density at radius 3 is 2.61 bits per heavy atom. The molecule has 0 bridgehead atoms. The van der Waals surface area contributed by atoms with Crippen LogP contribution in [0, 0.1) is 26.6 Å². The molecule has 0 aliphatic rings. The van der Waals surface area contributed by atoms with Gasteiger partial charge in [-0.25, -0.2) is 14.4 Å². The molecule has 0 saturated carbocycles. The minimum Gasteiger partial charge on any atom is -0.336 e. The standard InChI is InChI=1S/C20H17FN4O2S/c1-11-8-17(18-12(2)24-27-19(18)22-11)20(26)25(9-15-10-28-13(3)23-15)16-6-4-14(21)5-7-16/h4-8,10H,9H2,1-3H3. The van der Waals surface area contributed by atoms with Gasteiger partial charge in [0.15, 0.2) is 0 Å². The van der Waals surface area contributed by atoms with Crippen molar-refractivity contribution in [1.82, 2.24) is 15.1 Å². The van der Waals surface area contributed by atoms with Gasteiger partial charge in [0.1, 0.15) is 5.82 Å². The zero-order valence-electron chi connectivity index (χ0n) is 15.6. The summed E-state index contributed by atoms with van der Waals surface area (Å²) in [6, 6.07) is 7.55. The Morgan fingerprint density at radius 2 is 1.93 bits per heavy atom. The molecular weight excluding hydrogens is 379 g/mol. The van der Waals surface area contributed by atoms with E-state index in [-0.39, 0.29) is 18.3 Å². The van der Waals surface area contributed by atoms with Crippen molar-refractivity contribution < 1.29 is 13.7 Å². The molecule has 8 heteroatoms. The molecule has 0 fully saturated rings. The maximum atomic E-state index is 13.6. The van der Waals surface area contributed by atoms with E-state index in [0.717, 1.165) is 10.7 Å². The van der Waals surface area contributed by atoms with E-state index in [1.165, 1.54) is 23.5 Å². The second-order valence-corrected chi connectivity index (χ2v) is 7.55. The zero-order valence-corrected chi connectivity index (χ0v) is 16.4. The van der Waals surface area contributed by atoms with Crippen molar-refractivity contribution in [2.75, 3.05) is 4.90 Å². The number of aryl methyl sites for hydroxylation is 3. The van der Waals surface area contributed by atoms with Crippen molar-refractivity contribution in [2.45, 2.75) is 27.3 Å². The molecule has 1 amide bonds. The number of carbonyl (C=O) groups excluding carboxylic acids is 1. The summed E-state index contributed by atoms with van der Waals surface area (Å²) in [7, 11) is 0. The van der Waals surface area contributed by atoms with Crippen LogP contribution < -0.4 is 4.90 Å². The van der Waals surface area contributed by atoms with Crippen LogP contribution in [-0.4, -0.2) is 21.0 Å². The SMILES string of the molecule is Cc1cc(C(=O)N(Cc2csc(C)n2)c2ccc(F)cc2)c2c(C)noc2n1. The number of amides is 1. The lowest BCUT2D eigenvalue weighted by Gasteiger charge is -2.22. The van der Waals surface area contributed by atoms with Gasteiger partial charge >= 0.3 is 0 Å². The third kappa shape index (κ3) is 3.38. The van der Waals surface area contributed by atoms with E-state index in [0.29, 0.717) is 33.7 Å². The number of nitrogens with zero attached hydrogens (tertiary/aromatic N) is 4. The number of hydrogen-bond donors (Lipinski definition) is 0. The van der Waals surface area contributed by atoms with Gasteiger partial charge in [-0.2, -0.15) is 0 Å². The number of anilines is 1. The van der Waals surface area contributed by atoms with Crippen LogP contribution >= 0.6 is 11.3 Å². The molecule has 0 spiro atoms. The smallest absolute Gasteiger partial charge is 0.259 e. The fourth-order valence-electron chi connectivity index (χ4n) is 3.08. The molecular formula is C20H17FN4O2S. The highest BCUT2D eigenvalue weighted by Gasteiger charge is 2.24. The highest BCUT2D eigenvalue weighted by Crippen LogP contribution is 2.27. The first-order valence-electron chi connectivity index (χ1n) is 8.64. The third-order valence-corrected chi connectivity index (χ3v) is 5.17. The van der Waals surface area contributed by atoms with Crippen LogP contribution in [0.5, 0.6) is 0 Å². The topological polar surface area (TPSA) is 72.1 Å². The van der Waals surface area contributed by atoms with Crippen molar-refractivity contribution in [1.29, 1.82) is 0 Å². The van der Waals surface area contributed by atoms with Crippen LogP contribution in [0.1, 0.15) is 32.4 Å². The van der Waals surface area contributed by atoms with Gasteiger partial charge in [0.2, 0.25) is 0 Å². The summed E-state index contributed by atoms with van der Waals surface area (Å²) in [5.41, 5.74) is 3.35. The lowest BCUT2D eigenvalue weighted by Crippen LogP contribution is -2.31. The number of halogens is 1. The Kier molecular flexibility index (Phi) is 4.64. The summed E-state index contributed by atoms with van der Waals surface area (Å²) < 4.78 is 18.7. The van der Waals surface area contributed by atoms with Gasteiger partial charge in [-0.15, -0.1) is 11.3 Å². The molecule has 0 unspecified atom stereocenters. The molecule has 0 saturated heterocycles. The Balaban J connectivity index is 1.83. The first kappa shape index (κ1) is 18.2. The number of fused-ring (bicyclic) bond motifs is 1. The highest BCUT2D eigenvalue weighted by molar-refractivity contribution is 7.09. The second kappa shape index (κ2) is 7.12. The van der Waals surface area contributed by atoms with E-state index in [1.807, 2.05) is 12.3 Å². The fraction of sp³-hybridized carbons (Fsp3) is 0.200. The summed E-state index contributed by atoms with van der Waals surface area (Å²) >= 11 is 1.52. The third-order valence-electron chi connectivity index (χ3n) is 4.35. The molecule has 0 atom stereocenters. The summed E-state index contributed by atoms with van der Waals surface area (Å²) in [6.45, 7) is 5.74. The van der Waals surface area contributed by atoms with E-state index >= 15 is 0 Å². The number of thiazole rings is 1. The molecule has 0 N–H and O–H groups in total. The van der Waals surface area contributed by atoms with Crippen LogP contribution in [0.25, 0.3) is 11.1 Å². The molecule has 0 aliphatic carbocycles. The summed E-state index contributed by atoms with van der Waals surface area (Å²) in [5.74, 6) is -0.614. The van der Waals surface area contributed by atoms with E-state index in [9.17, 15) is 9.18 Å². The largest absolute Gasteiger partial charge is 0.336 e. The Hall–Kier alpha value is -3.13. The molecule has 4 rings (SSSR count). The van der Waals surface area contributed by atoms with Gasteiger partial charge in [0.25, 0.3) is 11.6 Å². The van der Waals surface area contributed by atoms with Crippen molar-refractivity contribution in [3.8, 4) is 0 Å². The van der Waals surface area contributed by atoms with Gasteiger partial charge in [-0.05, 0) is 51.1 Å². The average Bonchev–Trinajstić information content (AvgIpc) is 3.25. The summed E-state index contributed by atoms with van der Waals surface area (Å²) in [6.07, 6.45) is 0. The van der Waals surface area contributed by atoms with Crippen LogP contribution in [0.3, 0.4) is 0 Å². The number of hydrogen-bond acceptors (Lipinski definition) is 6. The zero-order chi connectivity index (χ0) is 19.8. The lowest BCUT2D eigenvalue weighted by molar-refractivity contribution is 0.0986. The normalized spacial score (nSPS) is 11.1. The summed E-state index contributed by atoms with van der Waals surface area (Å²) in [5, 5.41) is 7.35. The molecule has 142 valence electrons. The van der Waals surface area contributed by atoms with Crippen LogP contribution in [0.2, 0.25) is 0 Å². The molecule has 0 radical (unpaired) electrons. The van der Waals surface area contributed by atoms with Gasteiger partial charge in [-0.3, -0.25) is 4.79 Å². The Bertz CT molecular complexity index is 1170. The number of carbonyl (C=O) groups is 1. The van der Waals surface area contributed by atoms with Crippen LogP contribution in [0.4, 0.5) is 10.1 Å². The van der Waals surface area contributed by atoms with Crippen molar-refractivity contribution in [2.24, 2.45) is 0 Å². The minimum absolute atomic E-state index is 0.251. The Morgan fingerprint density at radius 1 is 1.18 bits per heavy atom. The predicted octanol–water partition coefficient (Wildman–Crippen LogP) is 4.59. The second-order valence-electron chi connectivity index (χ2n) is 6.48. The molecule has 3 aromatic heterocycles. The fourth-order valence-corrected chi connectivity index (χ4v) is 3.68. The first-order chi connectivity index (χ1) is 13.4. The maximum absolute atomic E-state index is 13.6. The first-order valence-corrected chi connectivity index (χ1v) is 9.52. The highest BCUT2D eigenvalue weighted by atomic mass is 32.1. The van der Waals surface area contributed by atoms with Gasteiger partial charge < -0.3 is 9.42 Å². The monoisotopic (exact) mass is 396 g/mol. The predicted molar refractivity (Wildman–Crippen MR) is 105 cm³/mol. The number of benzene rings is 1. The van der Waals surface area contributed by atoms with Crippen LogP contribution in [-0.2, 0) is 6.54 Å². The quantitative estimate of drug-likeness (QED) is 0.504. The molecule has 1 aromatic carbocycles. The van der Waals surface area contributed by atoms with Gasteiger partial charge in [0, 0.05) is 16.8 Å². The molecule has 3 heterocycles. The van der Waals surface area contributed by atoms with E-state index < -0.39 is 0 Å². The Labute approximate surface area is 164 Å². The lowest BCUT2D eigenvalue weighted by atomic mass is 10.1. The van der Waals surface area contributed by atoms with Crippen molar-refractivity contribution in [3.05, 3.63) is 69.2 Å². The average molecular weight is 396 g/mol. The minimum atomic E-state index is -0.363. The van der Waals surface area contributed by atoms with Crippen molar-refractivity contribution in [3.63, 3.8) is 0 Å².